The van der Waals surface area contributed by atoms with Crippen LogP contribution < -0.4 is 5.32 Å². The van der Waals surface area contributed by atoms with Crippen molar-refractivity contribution in [2.24, 2.45) is 0 Å². The first-order chi connectivity index (χ1) is 9.54. The molecule has 1 aromatic rings. The van der Waals surface area contributed by atoms with Gasteiger partial charge in [-0.1, -0.05) is 0 Å². The van der Waals surface area contributed by atoms with Crippen molar-refractivity contribution in [3.63, 3.8) is 0 Å². The third-order valence-electron chi connectivity index (χ3n) is 3.41. The lowest BCUT2D eigenvalue weighted by Crippen LogP contribution is -2.46. The quantitative estimate of drug-likeness (QED) is 0.538. The first-order valence-corrected chi connectivity index (χ1v) is 7.06. The summed E-state index contributed by atoms with van der Waals surface area (Å²) in [4.78, 5) is 12.4. The number of nitrogens with one attached hydrogen (secondary N) is 1. The molecule has 0 bridgehead atoms. The summed E-state index contributed by atoms with van der Waals surface area (Å²) in [5.41, 5.74) is 0.258. The van der Waals surface area contributed by atoms with E-state index in [0.29, 0.717) is 18.7 Å². The number of nitrogens with zero attached hydrogens (tertiary/aromatic N) is 2. The van der Waals surface area contributed by atoms with E-state index in [9.17, 15) is 20.3 Å². The Morgan fingerprint density at radius 1 is 1.43 bits per heavy atom. The van der Waals surface area contributed by atoms with Crippen LogP contribution in [0.5, 0.6) is 5.75 Å². The number of rotatable bonds is 4. The van der Waals surface area contributed by atoms with Crippen LogP contribution in [0.4, 0.5) is 5.69 Å². The van der Waals surface area contributed by atoms with E-state index >= 15 is 0 Å². The Balaban J connectivity index is 0.00000220. The number of hydrogen-bond acceptors (Lipinski definition) is 6. The topological polar surface area (TPSA) is 98.9 Å². The number of nitro groups is 1. The first-order valence-electron chi connectivity index (χ1n) is 6.27. The van der Waals surface area contributed by atoms with Crippen molar-refractivity contribution in [3.05, 3.63) is 32.3 Å². The normalized spacial score (nSPS) is 17.0. The summed E-state index contributed by atoms with van der Waals surface area (Å²) in [6, 6.07) is 2.13. The second kappa shape index (κ2) is 7.90. The zero-order valence-electron chi connectivity index (χ0n) is 11.2. The van der Waals surface area contributed by atoms with Gasteiger partial charge in [-0.25, -0.2) is 0 Å². The maximum Gasteiger partial charge on any atom is 0.271 e. The molecular weight excluding hydrogens is 366 g/mol. The molecule has 9 heteroatoms. The molecule has 1 heterocycles. The van der Waals surface area contributed by atoms with Gasteiger partial charge in [0.05, 0.1) is 22.0 Å². The molecule has 1 fully saturated rings. The maximum atomic E-state index is 10.9. The predicted octanol–water partition coefficient (Wildman–Crippen LogP) is 1.42. The molecule has 1 atom stereocenters. The van der Waals surface area contributed by atoms with Crippen LogP contribution in [0.2, 0.25) is 0 Å². The van der Waals surface area contributed by atoms with E-state index in [4.69, 9.17) is 0 Å². The Hall–Kier alpha value is -0.930. The van der Waals surface area contributed by atoms with Gasteiger partial charge in [-0.15, -0.1) is 12.4 Å². The third-order valence-corrected chi connectivity index (χ3v) is 4.02. The Morgan fingerprint density at radius 2 is 2.05 bits per heavy atom. The summed E-state index contributed by atoms with van der Waals surface area (Å²) in [5, 5.41) is 33.8. The molecule has 1 aromatic carbocycles. The lowest BCUT2D eigenvalue weighted by molar-refractivity contribution is -0.385. The lowest BCUT2D eigenvalue weighted by Gasteiger charge is -2.34. The van der Waals surface area contributed by atoms with Gasteiger partial charge in [0.15, 0.2) is 0 Å². The molecule has 3 N–H and O–H groups in total. The summed E-state index contributed by atoms with van der Waals surface area (Å²) in [5.74, 6) is -0.0619. The van der Waals surface area contributed by atoms with Gasteiger partial charge in [-0.05, 0) is 15.9 Å². The Morgan fingerprint density at radius 3 is 2.57 bits per heavy atom. The monoisotopic (exact) mass is 381 g/mol. The molecule has 0 aromatic heterocycles. The number of hydrogen-bond donors (Lipinski definition) is 3. The summed E-state index contributed by atoms with van der Waals surface area (Å²) in [6.07, 6.45) is 0. The zero-order chi connectivity index (χ0) is 14.7. The van der Waals surface area contributed by atoms with Crippen LogP contribution in [0.3, 0.4) is 0 Å². The molecule has 1 saturated heterocycles. The number of aliphatic hydroxyl groups is 1. The molecule has 0 saturated carbocycles. The minimum atomic E-state index is -0.514. The second-order valence-corrected chi connectivity index (χ2v) is 5.46. The fourth-order valence-electron chi connectivity index (χ4n) is 2.37. The number of aromatic hydroxyl groups is 1. The lowest BCUT2D eigenvalue weighted by atomic mass is 10.0. The highest BCUT2D eigenvalue weighted by Gasteiger charge is 2.27. The molecule has 0 spiro atoms. The number of non-ortho nitro benzene ring substituents is 1. The SMILES string of the molecule is Cl.O=[N+]([O-])c1cc(Br)c(O)c([C@@H](CO)N2CCNCC2)c1. The number of nitro benzene ring substituents is 1. The number of phenolic OH excluding ortho intramolecular Hbond substituents is 1. The molecule has 1 aliphatic rings. The van der Waals surface area contributed by atoms with Crippen LogP contribution in [0, 0.1) is 10.1 Å². The van der Waals surface area contributed by atoms with Gasteiger partial charge in [0.1, 0.15) is 5.75 Å². The highest BCUT2D eigenvalue weighted by atomic mass is 79.9. The molecule has 0 amide bonds. The van der Waals surface area contributed by atoms with Crippen molar-refractivity contribution in [3.8, 4) is 5.75 Å². The minimum Gasteiger partial charge on any atom is -0.506 e. The van der Waals surface area contributed by atoms with Crippen LogP contribution in [0.25, 0.3) is 0 Å². The number of piperazine rings is 1. The van der Waals surface area contributed by atoms with Gasteiger partial charge < -0.3 is 15.5 Å². The van der Waals surface area contributed by atoms with E-state index in [1.165, 1.54) is 12.1 Å². The van der Waals surface area contributed by atoms with Crippen molar-refractivity contribution >= 4 is 34.0 Å². The van der Waals surface area contributed by atoms with Crippen molar-refractivity contribution in [1.82, 2.24) is 10.2 Å². The van der Waals surface area contributed by atoms with Crippen LogP contribution in [-0.2, 0) is 0 Å². The van der Waals surface area contributed by atoms with Gasteiger partial charge in [0.25, 0.3) is 5.69 Å². The first kappa shape index (κ1) is 18.1. The highest BCUT2D eigenvalue weighted by Crippen LogP contribution is 2.37. The molecule has 1 aliphatic heterocycles. The van der Waals surface area contributed by atoms with Crippen molar-refractivity contribution in [2.75, 3.05) is 32.8 Å². The van der Waals surface area contributed by atoms with Crippen molar-refractivity contribution in [1.29, 1.82) is 0 Å². The Bertz CT molecular complexity index is 512. The predicted molar refractivity (Wildman–Crippen MR) is 84.0 cm³/mol. The average molecular weight is 383 g/mol. The third kappa shape index (κ3) is 4.04. The van der Waals surface area contributed by atoms with E-state index in [1.807, 2.05) is 4.90 Å². The molecular formula is C12H17BrClN3O4. The summed E-state index contributed by atoms with van der Waals surface area (Å²) >= 11 is 3.12. The Labute approximate surface area is 136 Å². The van der Waals surface area contributed by atoms with Crippen molar-refractivity contribution < 1.29 is 15.1 Å². The fourth-order valence-corrected chi connectivity index (χ4v) is 2.83. The number of aliphatic hydroxyl groups excluding tert-OH is 1. The van der Waals surface area contributed by atoms with E-state index < -0.39 is 11.0 Å². The number of phenols is 1. The highest BCUT2D eigenvalue weighted by molar-refractivity contribution is 9.10. The van der Waals surface area contributed by atoms with E-state index in [2.05, 4.69) is 21.2 Å². The fraction of sp³-hybridized carbons (Fsp3) is 0.500. The molecule has 0 aliphatic carbocycles. The molecule has 2 rings (SSSR count). The summed E-state index contributed by atoms with van der Waals surface area (Å²) in [7, 11) is 0. The van der Waals surface area contributed by atoms with E-state index in [0.717, 1.165) is 13.1 Å². The van der Waals surface area contributed by atoms with Crippen molar-refractivity contribution in [2.45, 2.75) is 6.04 Å². The molecule has 7 nitrogen and oxygen atoms in total. The number of benzene rings is 1. The zero-order valence-corrected chi connectivity index (χ0v) is 13.6. The second-order valence-electron chi connectivity index (χ2n) is 4.61. The van der Waals surface area contributed by atoms with Gasteiger partial charge in [0.2, 0.25) is 0 Å². The van der Waals surface area contributed by atoms with Gasteiger partial charge >= 0.3 is 0 Å². The maximum absolute atomic E-state index is 10.9. The van der Waals surface area contributed by atoms with Crippen LogP contribution in [0.15, 0.2) is 16.6 Å². The van der Waals surface area contributed by atoms with Gasteiger partial charge in [-0.3, -0.25) is 15.0 Å². The summed E-state index contributed by atoms with van der Waals surface area (Å²) in [6.45, 7) is 2.79. The van der Waals surface area contributed by atoms with E-state index in [-0.39, 0.29) is 34.9 Å². The molecule has 118 valence electrons. The largest absolute Gasteiger partial charge is 0.506 e. The van der Waals surface area contributed by atoms with Crippen LogP contribution in [-0.4, -0.2) is 52.8 Å². The van der Waals surface area contributed by atoms with E-state index in [1.54, 1.807) is 0 Å². The van der Waals surface area contributed by atoms with Gasteiger partial charge in [-0.2, -0.15) is 0 Å². The standard InChI is InChI=1S/C12H16BrN3O4.ClH/c13-10-6-8(16(19)20)5-9(12(10)18)11(7-17)15-3-1-14-2-4-15;/h5-6,11,14,17-18H,1-4,7H2;1H/t11-;/m1./s1. The smallest absolute Gasteiger partial charge is 0.271 e. The van der Waals surface area contributed by atoms with Crippen LogP contribution in [0.1, 0.15) is 11.6 Å². The molecule has 0 unspecified atom stereocenters. The number of halogens is 2. The summed E-state index contributed by atoms with van der Waals surface area (Å²) < 4.78 is 0.260. The molecule has 21 heavy (non-hydrogen) atoms. The minimum absolute atomic E-state index is 0. The van der Waals surface area contributed by atoms with Crippen LogP contribution >= 0.6 is 28.3 Å². The van der Waals surface area contributed by atoms with Gasteiger partial charge in [0, 0.05) is 43.9 Å². The molecule has 0 radical (unpaired) electrons. The Kier molecular flexibility index (Phi) is 6.82. The average Bonchev–Trinajstić information content (AvgIpc) is 2.45.